The highest BCUT2D eigenvalue weighted by molar-refractivity contribution is 6.74. The Bertz CT molecular complexity index is 2600. The van der Waals surface area contributed by atoms with E-state index in [1.54, 1.807) is 6.07 Å². The molecule has 6 aromatic rings. The number of carbonyl (C=O) groups is 2. The number of unbranched alkanes of at least 4 members (excludes halogenated alkanes) is 2. The Morgan fingerprint density at radius 3 is 2.00 bits per heavy atom. The Hall–Kier alpha value is -5.85. The molecule has 364 valence electrons. The molecule has 2 amide bonds. The van der Waals surface area contributed by atoms with Gasteiger partial charge < -0.3 is 29.7 Å². The number of primary amides is 1. The van der Waals surface area contributed by atoms with Gasteiger partial charge in [0.25, 0.3) is 0 Å². The van der Waals surface area contributed by atoms with E-state index in [-0.39, 0.29) is 34.4 Å². The van der Waals surface area contributed by atoms with Crippen molar-refractivity contribution in [3.8, 4) is 5.75 Å². The predicted octanol–water partition coefficient (Wildman–Crippen LogP) is 10.5. The van der Waals surface area contributed by atoms with Gasteiger partial charge in [0.1, 0.15) is 17.8 Å². The fourth-order valence-corrected chi connectivity index (χ4v) is 11.0. The van der Waals surface area contributed by atoms with E-state index in [2.05, 4.69) is 79.0 Å². The van der Waals surface area contributed by atoms with E-state index in [4.69, 9.17) is 14.9 Å². The number of aromatic amines is 1. The minimum atomic E-state index is -2.30. The topological polar surface area (TPSA) is 121 Å². The minimum absolute atomic E-state index is 0.00588. The lowest BCUT2D eigenvalue weighted by molar-refractivity contribution is -0.130. The molecule has 7 rings (SSSR count). The van der Waals surface area contributed by atoms with Gasteiger partial charge >= 0.3 is 0 Å². The molecular formula is C58H73N5O5Si. The number of amides is 2. The maximum atomic E-state index is 13.6. The Morgan fingerprint density at radius 1 is 0.783 bits per heavy atom. The number of nitrogens with two attached hydrogens (primary N) is 1. The number of hydrogen-bond donors (Lipinski definition) is 2. The van der Waals surface area contributed by atoms with Crippen LogP contribution >= 0.6 is 0 Å². The molecule has 1 aromatic heterocycles. The summed E-state index contributed by atoms with van der Waals surface area (Å²) in [6, 6.07) is 48.1. The van der Waals surface area contributed by atoms with Crippen LogP contribution in [0.3, 0.4) is 0 Å². The maximum absolute atomic E-state index is 13.6. The largest absolute Gasteiger partial charge is 0.487 e. The molecule has 11 heteroatoms. The van der Waals surface area contributed by atoms with Crippen molar-refractivity contribution in [2.45, 2.75) is 95.7 Å². The lowest BCUT2D eigenvalue weighted by Gasteiger charge is -2.41. The molecule has 3 N–H and O–H groups in total. The van der Waals surface area contributed by atoms with Gasteiger partial charge in [-0.2, -0.15) is 0 Å². The summed E-state index contributed by atoms with van der Waals surface area (Å²) in [6.45, 7) is 16.9. The number of ether oxygens (including phenoxy) is 1. The number of carbonyl (C=O) groups excluding carboxylic acids is 2. The number of nitrogens with zero attached hydrogens (tertiary/aromatic N) is 3. The summed E-state index contributed by atoms with van der Waals surface area (Å²) in [5.74, 6) is 0.452. The molecule has 0 unspecified atom stereocenters. The summed E-state index contributed by atoms with van der Waals surface area (Å²) in [5, 5.41) is 0.880. The smallest absolute Gasteiger partial charge is 0.248 e. The molecule has 5 aromatic carbocycles. The second kappa shape index (κ2) is 23.2. The second-order valence-electron chi connectivity index (χ2n) is 20.4. The third kappa shape index (κ3) is 12.7. The third-order valence-electron chi connectivity index (χ3n) is 14.7. The number of rotatable bonds is 23. The standard InChI is InChI=1S/C58H73N5O5Si/c1-57(2,3)69(5,6)68-52(49-31-33-51(55-50(49)32-34-53(64)60-55)67-43-45-24-14-8-15-25-45)42-63(40-44-22-12-7-13-23-44)36-21-11-20-30-54(65)61(4)38-39-62-37-35-48(41-62)58(56(59)66,46-26-16-9-17-27-46)47-28-18-10-19-29-47/h7-10,12-19,22-29,31-34,48,52H,11,20-21,30,35-43H2,1-6H3,(H2,59,66)(H,60,64)/t48-,52+/m1/s1. The average molecular weight is 948 g/mol. The zero-order valence-corrected chi connectivity index (χ0v) is 42.7. The van der Waals surface area contributed by atoms with Crippen molar-refractivity contribution >= 4 is 31.0 Å². The molecular weight excluding hydrogens is 875 g/mol. The summed E-state index contributed by atoms with van der Waals surface area (Å²) < 4.78 is 13.7. The number of pyridine rings is 1. The first-order valence-corrected chi connectivity index (χ1v) is 27.7. The molecule has 0 radical (unpaired) electrons. The molecule has 1 fully saturated rings. The lowest BCUT2D eigenvalue weighted by atomic mass is 9.64. The van der Waals surface area contributed by atoms with Crippen LogP contribution in [0.2, 0.25) is 18.1 Å². The summed E-state index contributed by atoms with van der Waals surface area (Å²) >= 11 is 0. The van der Waals surface area contributed by atoms with Crippen molar-refractivity contribution in [2.24, 2.45) is 11.7 Å². The number of hydrogen-bond acceptors (Lipinski definition) is 7. The first kappa shape index (κ1) is 51.0. The van der Waals surface area contributed by atoms with Gasteiger partial charge in [-0.15, -0.1) is 0 Å². The van der Waals surface area contributed by atoms with Crippen LogP contribution in [0, 0.1) is 5.92 Å². The SMILES string of the molecule is CN(CCN1CC[C@@H](C(C(N)=O)(c2ccccc2)c2ccccc2)C1)C(=O)CCCCCN(Cc1ccccc1)C[C@H](O[Si](C)(C)C(C)(C)C)c1ccc(OCc2ccccc2)c2[nH]c(=O)ccc12. The fraction of sp³-hybridized carbons (Fsp3) is 0.397. The molecule has 10 nitrogen and oxygen atoms in total. The lowest BCUT2D eigenvalue weighted by Crippen LogP contribution is -2.49. The van der Waals surface area contributed by atoms with E-state index in [9.17, 15) is 14.4 Å². The Kier molecular flexibility index (Phi) is 17.1. The van der Waals surface area contributed by atoms with Crippen molar-refractivity contribution in [1.82, 2.24) is 19.7 Å². The maximum Gasteiger partial charge on any atom is 0.248 e. The van der Waals surface area contributed by atoms with Crippen LogP contribution < -0.4 is 16.0 Å². The number of nitrogens with one attached hydrogen (secondary N) is 1. The molecule has 1 aliphatic heterocycles. The van der Waals surface area contributed by atoms with Crippen molar-refractivity contribution < 1.29 is 18.8 Å². The Morgan fingerprint density at radius 2 is 1.39 bits per heavy atom. The van der Waals surface area contributed by atoms with E-state index in [0.717, 1.165) is 86.0 Å². The van der Waals surface area contributed by atoms with E-state index >= 15 is 0 Å². The van der Waals surface area contributed by atoms with E-state index in [0.29, 0.717) is 37.4 Å². The minimum Gasteiger partial charge on any atom is -0.487 e. The highest BCUT2D eigenvalue weighted by atomic mass is 28.4. The molecule has 0 spiro atoms. The number of benzene rings is 5. The van der Waals surface area contributed by atoms with Gasteiger partial charge in [0.05, 0.1) is 11.6 Å². The predicted molar refractivity (Wildman–Crippen MR) is 282 cm³/mol. The second-order valence-corrected chi connectivity index (χ2v) is 25.2. The van der Waals surface area contributed by atoms with Crippen LogP contribution in [0.5, 0.6) is 5.75 Å². The van der Waals surface area contributed by atoms with Gasteiger partial charge in [0.2, 0.25) is 17.4 Å². The van der Waals surface area contributed by atoms with Gasteiger partial charge in [-0.05, 0) is 96.4 Å². The van der Waals surface area contributed by atoms with E-state index in [1.165, 1.54) is 5.56 Å². The van der Waals surface area contributed by atoms with Gasteiger partial charge in [0, 0.05) is 57.6 Å². The zero-order chi connectivity index (χ0) is 49.0. The van der Waals surface area contributed by atoms with Crippen LogP contribution in [0.15, 0.2) is 150 Å². The quantitative estimate of drug-likeness (QED) is 0.0485. The van der Waals surface area contributed by atoms with Crippen LogP contribution in [0.4, 0.5) is 0 Å². The molecule has 1 aliphatic rings. The molecule has 1 saturated heterocycles. The highest BCUT2D eigenvalue weighted by Gasteiger charge is 2.49. The Labute approximate surface area is 411 Å². The molecule has 69 heavy (non-hydrogen) atoms. The number of likely N-dealkylation sites (tertiary alicyclic amines) is 1. The van der Waals surface area contributed by atoms with Crippen LogP contribution in [0.25, 0.3) is 10.9 Å². The normalized spacial score (nSPS) is 15.1. The summed E-state index contributed by atoms with van der Waals surface area (Å²) in [6.07, 6.45) is 3.69. The summed E-state index contributed by atoms with van der Waals surface area (Å²) in [7, 11) is -0.397. The Balaban J connectivity index is 0.992. The first-order valence-electron chi connectivity index (χ1n) is 24.8. The fourth-order valence-electron chi connectivity index (χ4n) is 9.74. The van der Waals surface area contributed by atoms with Gasteiger partial charge in [-0.1, -0.05) is 155 Å². The van der Waals surface area contributed by atoms with Gasteiger partial charge in [-0.3, -0.25) is 19.3 Å². The van der Waals surface area contributed by atoms with Crippen molar-refractivity contribution in [3.05, 3.63) is 184 Å². The van der Waals surface area contributed by atoms with E-state index < -0.39 is 13.7 Å². The molecule has 0 saturated carbocycles. The van der Waals surface area contributed by atoms with Crippen LogP contribution in [0.1, 0.15) is 86.8 Å². The third-order valence-corrected chi connectivity index (χ3v) is 19.2. The van der Waals surface area contributed by atoms with Crippen molar-refractivity contribution in [2.75, 3.05) is 46.3 Å². The van der Waals surface area contributed by atoms with Crippen molar-refractivity contribution in [3.63, 3.8) is 0 Å². The molecule has 2 atom stereocenters. The number of aromatic nitrogens is 1. The molecule has 0 aliphatic carbocycles. The zero-order valence-electron chi connectivity index (χ0n) is 41.7. The molecule has 0 bridgehead atoms. The monoisotopic (exact) mass is 948 g/mol. The summed E-state index contributed by atoms with van der Waals surface area (Å²) in [4.78, 5) is 49.8. The van der Waals surface area contributed by atoms with E-state index in [1.807, 2.05) is 121 Å². The van der Waals surface area contributed by atoms with Crippen molar-refractivity contribution in [1.29, 1.82) is 0 Å². The van der Waals surface area contributed by atoms with Crippen LogP contribution in [-0.2, 0) is 32.6 Å². The number of fused-ring (bicyclic) bond motifs is 1. The number of likely N-dealkylation sites (N-methyl/N-ethyl adjacent to an activating group) is 1. The molecule has 2 heterocycles. The first-order chi connectivity index (χ1) is 33.2. The average Bonchev–Trinajstić information content (AvgIpc) is 3.82. The number of H-pyrrole nitrogens is 1. The highest BCUT2D eigenvalue weighted by Crippen LogP contribution is 2.44. The van der Waals surface area contributed by atoms with Crippen LogP contribution in [-0.4, -0.2) is 86.1 Å². The summed E-state index contributed by atoms with van der Waals surface area (Å²) in [5.41, 5.74) is 11.0. The van der Waals surface area contributed by atoms with Gasteiger partial charge in [-0.25, -0.2) is 0 Å². The van der Waals surface area contributed by atoms with Gasteiger partial charge in [0.15, 0.2) is 8.32 Å².